The Balaban J connectivity index is 1.54. The molecule has 148 valence electrons. The van der Waals surface area contributed by atoms with Crippen molar-refractivity contribution >= 4 is 28.2 Å². The van der Waals surface area contributed by atoms with Gasteiger partial charge < -0.3 is 14.4 Å². The minimum Gasteiger partial charge on any atom is -0.461 e. The molecule has 1 aliphatic heterocycles. The Kier molecular flexibility index (Phi) is 4.26. The molecule has 1 N–H and O–H groups in total. The molecule has 0 radical (unpaired) electrons. The number of amides is 1. The second kappa shape index (κ2) is 6.97. The molecule has 1 aliphatic rings. The largest absolute Gasteiger partial charge is 0.461 e. The molecule has 2 heterocycles. The van der Waals surface area contributed by atoms with E-state index in [1.54, 1.807) is 29.2 Å². The first-order chi connectivity index (χ1) is 14.6. The van der Waals surface area contributed by atoms with Crippen LogP contribution in [-0.4, -0.2) is 16.8 Å². The van der Waals surface area contributed by atoms with E-state index in [0.29, 0.717) is 17.8 Å². The summed E-state index contributed by atoms with van der Waals surface area (Å²) in [5.74, 6) is -0.796. The number of rotatable bonds is 5. The van der Waals surface area contributed by atoms with Crippen molar-refractivity contribution in [2.75, 3.05) is 4.90 Å². The number of hydrogen-bond donors (Lipinski definition) is 1. The maximum Gasteiger partial charge on any atom is 0.264 e. The summed E-state index contributed by atoms with van der Waals surface area (Å²) in [6, 6.07) is 24.2. The van der Waals surface area contributed by atoms with Crippen LogP contribution in [0, 0.1) is 0 Å². The highest BCUT2D eigenvalue weighted by atomic mass is 16.3. The van der Waals surface area contributed by atoms with Crippen LogP contribution >= 0.6 is 0 Å². The van der Waals surface area contributed by atoms with Crippen LogP contribution in [0.5, 0.6) is 0 Å². The molecule has 3 aromatic carbocycles. The van der Waals surface area contributed by atoms with Gasteiger partial charge in [0.05, 0.1) is 24.9 Å². The monoisotopic (exact) mass is 397 g/mol. The van der Waals surface area contributed by atoms with Crippen LogP contribution in [0.15, 0.2) is 89.5 Å². The van der Waals surface area contributed by atoms with Crippen LogP contribution in [0.1, 0.15) is 28.1 Å². The molecule has 1 unspecified atom stereocenters. The molecule has 5 heteroatoms. The summed E-state index contributed by atoms with van der Waals surface area (Å²) in [6.45, 7) is 0.300. The molecule has 1 amide bonds. The van der Waals surface area contributed by atoms with Gasteiger partial charge in [-0.05, 0) is 34.5 Å². The van der Waals surface area contributed by atoms with Crippen LogP contribution in [0.25, 0.3) is 10.8 Å². The second-order valence-corrected chi connectivity index (χ2v) is 7.48. The van der Waals surface area contributed by atoms with Gasteiger partial charge in [-0.1, -0.05) is 60.7 Å². The number of nitrogens with zero attached hydrogens (tertiary/aromatic N) is 1. The predicted octanol–water partition coefficient (Wildman–Crippen LogP) is 4.44. The quantitative estimate of drug-likeness (QED) is 0.506. The summed E-state index contributed by atoms with van der Waals surface area (Å²) in [7, 11) is 0. The fraction of sp³-hybridized carbons (Fsp3) is 0.120. The Hall–Kier alpha value is -3.70. The highest BCUT2D eigenvalue weighted by molar-refractivity contribution is 6.10. The Bertz CT molecular complexity index is 1260. The van der Waals surface area contributed by atoms with Crippen LogP contribution in [0.2, 0.25) is 0 Å². The second-order valence-electron chi connectivity index (χ2n) is 7.48. The predicted molar refractivity (Wildman–Crippen MR) is 113 cm³/mol. The van der Waals surface area contributed by atoms with Crippen molar-refractivity contribution in [3.8, 4) is 0 Å². The van der Waals surface area contributed by atoms with Crippen molar-refractivity contribution in [3.05, 3.63) is 102 Å². The van der Waals surface area contributed by atoms with E-state index in [9.17, 15) is 14.7 Å². The minimum absolute atomic E-state index is 0.126. The lowest BCUT2D eigenvalue weighted by molar-refractivity contribution is -0.136. The van der Waals surface area contributed by atoms with Gasteiger partial charge in [-0.25, -0.2) is 0 Å². The maximum atomic E-state index is 13.4. The molecule has 30 heavy (non-hydrogen) atoms. The van der Waals surface area contributed by atoms with E-state index >= 15 is 0 Å². The minimum atomic E-state index is -1.93. The average molecular weight is 397 g/mol. The molecule has 4 aromatic rings. The van der Waals surface area contributed by atoms with Crippen LogP contribution in [0.3, 0.4) is 0 Å². The average Bonchev–Trinajstić information content (AvgIpc) is 3.38. The number of furan rings is 1. The van der Waals surface area contributed by atoms with E-state index in [-0.39, 0.29) is 12.2 Å². The lowest BCUT2D eigenvalue weighted by atomic mass is 9.89. The Labute approximate surface area is 173 Å². The van der Waals surface area contributed by atoms with E-state index in [2.05, 4.69) is 0 Å². The highest BCUT2D eigenvalue weighted by Crippen LogP contribution is 2.43. The number of hydrogen-bond acceptors (Lipinski definition) is 4. The third kappa shape index (κ3) is 2.83. The van der Waals surface area contributed by atoms with Crippen molar-refractivity contribution in [3.63, 3.8) is 0 Å². The van der Waals surface area contributed by atoms with E-state index < -0.39 is 17.3 Å². The van der Waals surface area contributed by atoms with Gasteiger partial charge in [0, 0.05) is 5.56 Å². The Morgan fingerprint density at radius 1 is 0.933 bits per heavy atom. The van der Waals surface area contributed by atoms with E-state index in [4.69, 9.17) is 4.42 Å². The first-order valence-electron chi connectivity index (χ1n) is 9.75. The third-order valence-corrected chi connectivity index (χ3v) is 5.66. The van der Waals surface area contributed by atoms with Crippen molar-refractivity contribution in [2.45, 2.75) is 18.6 Å². The number of carbonyl (C=O) groups is 2. The van der Waals surface area contributed by atoms with Crippen molar-refractivity contribution in [1.82, 2.24) is 0 Å². The molecule has 0 saturated carbocycles. The number of Topliss-reactive ketones (excluding diaryl/α,β-unsaturated/α-hetero) is 1. The number of fused-ring (bicyclic) bond motifs is 2. The van der Waals surface area contributed by atoms with Gasteiger partial charge >= 0.3 is 0 Å². The number of para-hydroxylation sites is 1. The van der Waals surface area contributed by atoms with Gasteiger partial charge in [-0.3, -0.25) is 9.59 Å². The van der Waals surface area contributed by atoms with Crippen molar-refractivity contribution in [1.29, 1.82) is 0 Å². The number of anilines is 1. The fourth-order valence-corrected chi connectivity index (χ4v) is 4.19. The fourth-order valence-electron chi connectivity index (χ4n) is 4.19. The molecule has 0 aliphatic carbocycles. The van der Waals surface area contributed by atoms with E-state index in [0.717, 1.165) is 16.3 Å². The molecule has 0 saturated heterocycles. The molecule has 0 bridgehead atoms. The van der Waals surface area contributed by atoms with Gasteiger partial charge in [0.25, 0.3) is 5.91 Å². The van der Waals surface area contributed by atoms with Gasteiger partial charge in [0.1, 0.15) is 0 Å². The lowest BCUT2D eigenvalue weighted by Gasteiger charge is -2.23. The summed E-state index contributed by atoms with van der Waals surface area (Å²) in [5.41, 5.74) is 0.101. The SMILES string of the molecule is O=C(CC1(O)C(=O)N(Cc2cccc3ccccc23)c2ccccc21)c1ccco1. The summed E-state index contributed by atoms with van der Waals surface area (Å²) in [5, 5.41) is 13.5. The molecule has 0 spiro atoms. The van der Waals surface area contributed by atoms with Gasteiger partial charge in [-0.2, -0.15) is 0 Å². The van der Waals surface area contributed by atoms with Crippen LogP contribution in [0.4, 0.5) is 5.69 Å². The normalized spacial score (nSPS) is 18.0. The molecule has 5 nitrogen and oxygen atoms in total. The van der Waals surface area contributed by atoms with Gasteiger partial charge in [0.15, 0.2) is 11.4 Å². The topological polar surface area (TPSA) is 70.8 Å². The van der Waals surface area contributed by atoms with E-state index in [1.165, 1.54) is 12.3 Å². The smallest absolute Gasteiger partial charge is 0.264 e. The third-order valence-electron chi connectivity index (χ3n) is 5.66. The number of ketones is 1. The molecule has 1 aromatic heterocycles. The molecule has 0 fully saturated rings. The standard InChI is InChI=1S/C25H19NO4/c27-22(23-13-6-14-30-23)15-25(29)20-11-3-4-12-21(20)26(24(25)28)16-18-9-5-8-17-7-1-2-10-19(17)18/h1-14,29H,15-16H2. The van der Waals surface area contributed by atoms with Crippen LogP contribution in [-0.2, 0) is 16.9 Å². The Morgan fingerprint density at radius 2 is 1.70 bits per heavy atom. The number of benzene rings is 3. The lowest BCUT2D eigenvalue weighted by Crippen LogP contribution is -2.41. The molecule has 1 atom stereocenters. The summed E-state index contributed by atoms with van der Waals surface area (Å²) in [4.78, 5) is 27.6. The molecular weight excluding hydrogens is 378 g/mol. The molecular formula is C25H19NO4. The summed E-state index contributed by atoms with van der Waals surface area (Å²) in [6.07, 6.45) is 1.02. The number of carbonyl (C=O) groups excluding carboxylic acids is 2. The maximum absolute atomic E-state index is 13.4. The van der Waals surface area contributed by atoms with Crippen molar-refractivity contribution in [2.24, 2.45) is 0 Å². The van der Waals surface area contributed by atoms with E-state index in [1.807, 2.05) is 48.5 Å². The zero-order chi connectivity index (χ0) is 20.7. The van der Waals surface area contributed by atoms with Crippen LogP contribution < -0.4 is 4.90 Å². The zero-order valence-corrected chi connectivity index (χ0v) is 16.1. The zero-order valence-electron chi connectivity index (χ0n) is 16.1. The van der Waals surface area contributed by atoms with Crippen molar-refractivity contribution < 1.29 is 19.1 Å². The number of aliphatic hydroxyl groups is 1. The molecule has 5 rings (SSSR count). The first-order valence-corrected chi connectivity index (χ1v) is 9.75. The highest BCUT2D eigenvalue weighted by Gasteiger charge is 2.51. The van der Waals surface area contributed by atoms with Gasteiger partial charge in [0.2, 0.25) is 5.78 Å². The van der Waals surface area contributed by atoms with Gasteiger partial charge in [-0.15, -0.1) is 0 Å². The summed E-state index contributed by atoms with van der Waals surface area (Å²) >= 11 is 0. The Morgan fingerprint density at radius 3 is 2.53 bits per heavy atom. The first kappa shape index (κ1) is 18.3. The summed E-state index contributed by atoms with van der Waals surface area (Å²) < 4.78 is 5.16.